The summed E-state index contributed by atoms with van der Waals surface area (Å²) in [5.74, 6) is 0.249. The maximum Gasteiger partial charge on any atom is 0.147 e. The highest BCUT2D eigenvalue weighted by atomic mass is 16.3. The van der Waals surface area contributed by atoms with Crippen LogP contribution in [0.2, 0.25) is 0 Å². The summed E-state index contributed by atoms with van der Waals surface area (Å²) in [6.45, 7) is 0. The van der Waals surface area contributed by atoms with Crippen LogP contribution in [0, 0.1) is 11.3 Å². The van der Waals surface area contributed by atoms with Gasteiger partial charge in [0.15, 0.2) is 0 Å². The van der Waals surface area contributed by atoms with Crippen molar-refractivity contribution in [3.63, 3.8) is 0 Å². The molecule has 2 atom stereocenters. The van der Waals surface area contributed by atoms with Gasteiger partial charge in [-0.2, -0.15) is 5.26 Å². The molecule has 0 saturated carbocycles. The number of furan rings is 2. The van der Waals surface area contributed by atoms with E-state index < -0.39 is 0 Å². The van der Waals surface area contributed by atoms with Gasteiger partial charge in [-0.1, -0.05) is 91.0 Å². The number of hydrogen-bond donors (Lipinski definition) is 0. The van der Waals surface area contributed by atoms with Crippen LogP contribution in [-0.4, -0.2) is 6.04 Å². The average Bonchev–Trinajstić information content (AvgIpc) is 3.80. The van der Waals surface area contributed by atoms with Crippen LogP contribution < -0.4 is 4.90 Å². The average molecular weight is 603 g/mol. The zero-order valence-corrected chi connectivity index (χ0v) is 25.2. The Hall–Kier alpha value is -6.31. The topological polar surface area (TPSA) is 53.3 Å². The van der Waals surface area contributed by atoms with Gasteiger partial charge in [-0.3, -0.25) is 0 Å². The molecule has 0 amide bonds. The lowest BCUT2D eigenvalue weighted by Crippen LogP contribution is -2.29. The summed E-state index contributed by atoms with van der Waals surface area (Å²) in [7, 11) is 0. The lowest BCUT2D eigenvalue weighted by molar-refractivity contribution is 0.663. The van der Waals surface area contributed by atoms with Gasteiger partial charge in [-0.25, -0.2) is 0 Å². The molecule has 4 heteroatoms. The predicted octanol–water partition coefficient (Wildman–Crippen LogP) is 11.4. The third-order valence-corrected chi connectivity index (χ3v) is 9.85. The molecule has 1 aliphatic carbocycles. The van der Waals surface area contributed by atoms with Crippen LogP contribution in [0.15, 0.2) is 154 Å². The molecule has 0 spiro atoms. The van der Waals surface area contributed by atoms with Crippen LogP contribution in [-0.2, 0) is 0 Å². The minimum absolute atomic E-state index is 0.125. The Morgan fingerprint density at radius 1 is 0.574 bits per heavy atom. The minimum atomic E-state index is 0.125. The number of hydrogen-bond acceptors (Lipinski definition) is 4. The third kappa shape index (κ3) is 3.75. The molecule has 0 fully saturated rings. The maximum absolute atomic E-state index is 10.4. The maximum atomic E-state index is 10.4. The zero-order chi connectivity index (χ0) is 31.1. The Morgan fingerprint density at radius 2 is 1.32 bits per heavy atom. The minimum Gasteiger partial charge on any atom is -0.456 e. The van der Waals surface area contributed by atoms with E-state index in [-0.39, 0.29) is 12.0 Å². The lowest BCUT2D eigenvalue weighted by Gasteiger charge is -2.31. The van der Waals surface area contributed by atoms with Gasteiger partial charge < -0.3 is 13.7 Å². The van der Waals surface area contributed by atoms with Crippen LogP contribution in [0.25, 0.3) is 66.1 Å². The number of anilines is 2. The number of fused-ring (bicyclic) bond motifs is 10. The second-order valence-corrected chi connectivity index (χ2v) is 12.3. The van der Waals surface area contributed by atoms with E-state index in [2.05, 4.69) is 126 Å². The van der Waals surface area contributed by atoms with E-state index in [1.165, 1.54) is 16.8 Å². The van der Waals surface area contributed by atoms with E-state index in [0.717, 1.165) is 66.3 Å². The van der Waals surface area contributed by atoms with Gasteiger partial charge in [0.1, 0.15) is 22.3 Å². The molecule has 0 bridgehead atoms. The molecule has 2 aliphatic rings. The smallest absolute Gasteiger partial charge is 0.147 e. The number of allylic oxidation sites excluding steroid dienone is 2. The highest BCUT2D eigenvalue weighted by Crippen LogP contribution is 2.51. The van der Waals surface area contributed by atoms with Gasteiger partial charge >= 0.3 is 0 Å². The van der Waals surface area contributed by atoms with Gasteiger partial charge in [0.05, 0.1) is 28.7 Å². The Bertz CT molecular complexity index is 2670. The van der Waals surface area contributed by atoms with E-state index in [9.17, 15) is 5.26 Å². The standard InChI is InChI=1S/C43H26N2O2/c44-25-29-11-8-16-37(45-35-14-6-4-12-30(35)31-13-5-7-15-36(31)45)41(29)28-18-21-39-34(24-28)42-40(46-39)22-19-32-33-23-27(26-9-2-1-3-10-26)17-20-38(33)47-43(32)42/h1-24,30,35H. The first kappa shape index (κ1) is 26.0. The molecule has 220 valence electrons. The first-order valence-corrected chi connectivity index (χ1v) is 15.9. The monoisotopic (exact) mass is 602 g/mol. The van der Waals surface area contributed by atoms with E-state index in [1.807, 2.05) is 30.3 Å². The van der Waals surface area contributed by atoms with Gasteiger partial charge in [0.25, 0.3) is 0 Å². The largest absolute Gasteiger partial charge is 0.456 e. The Balaban J connectivity index is 1.19. The molecule has 6 aromatic carbocycles. The van der Waals surface area contributed by atoms with Crippen LogP contribution >= 0.6 is 0 Å². The first-order valence-electron chi connectivity index (χ1n) is 15.9. The molecule has 10 rings (SSSR count). The van der Waals surface area contributed by atoms with E-state index in [4.69, 9.17) is 8.83 Å². The lowest BCUT2D eigenvalue weighted by atomic mass is 9.91. The first-order chi connectivity index (χ1) is 23.3. The number of nitriles is 1. The highest BCUT2D eigenvalue weighted by Gasteiger charge is 2.38. The van der Waals surface area contributed by atoms with Crippen molar-refractivity contribution in [2.24, 2.45) is 0 Å². The number of nitrogens with zero attached hydrogens (tertiary/aromatic N) is 2. The third-order valence-electron chi connectivity index (χ3n) is 9.85. The van der Waals surface area contributed by atoms with E-state index in [0.29, 0.717) is 5.56 Å². The molecule has 0 saturated heterocycles. The fourth-order valence-electron chi connectivity index (χ4n) is 7.77. The molecule has 0 N–H and O–H groups in total. The summed E-state index contributed by atoms with van der Waals surface area (Å²) in [6, 6.07) is 44.5. The van der Waals surface area contributed by atoms with Gasteiger partial charge in [-0.15, -0.1) is 0 Å². The van der Waals surface area contributed by atoms with Gasteiger partial charge in [0, 0.05) is 33.3 Å². The molecule has 4 nitrogen and oxygen atoms in total. The number of para-hydroxylation sites is 1. The summed E-state index contributed by atoms with van der Waals surface area (Å²) in [6.07, 6.45) is 8.80. The number of benzene rings is 6. The van der Waals surface area contributed by atoms with Crippen LogP contribution in [0.1, 0.15) is 17.0 Å². The van der Waals surface area contributed by atoms with Crippen molar-refractivity contribution in [3.8, 4) is 28.3 Å². The quantitative estimate of drug-likeness (QED) is 0.202. The second kappa shape index (κ2) is 9.84. The van der Waals surface area contributed by atoms with Crippen molar-refractivity contribution >= 4 is 55.3 Å². The van der Waals surface area contributed by atoms with Crippen molar-refractivity contribution in [1.29, 1.82) is 5.26 Å². The van der Waals surface area contributed by atoms with Gasteiger partial charge in [-0.05, 0) is 76.9 Å². The molecule has 3 heterocycles. The highest BCUT2D eigenvalue weighted by molar-refractivity contribution is 6.22. The SMILES string of the molecule is N#Cc1cccc(N2c3ccccc3C3C=CC=CC32)c1-c1ccc2oc3ccc4c5cc(-c6ccccc6)ccc5oc4c3c2c1. The van der Waals surface area contributed by atoms with Crippen LogP contribution in [0.5, 0.6) is 0 Å². The van der Waals surface area contributed by atoms with Crippen molar-refractivity contribution in [2.75, 3.05) is 4.90 Å². The normalized spacial score (nSPS) is 16.7. The summed E-state index contributed by atoms with van der Waals surface area (Å²) in [4.78, 5) is 2.40. The molecule has 2 aromatic heterocycles. The molecule has 1 aliphatic heterocycles. The predicted molar refractivity (Wildman–Crippen MR) is 190 cm³/mol. The molecule has 47 heavy (non-hydrogen) atoms. The van der Waals surface area contributed by atoms with Crippen molar-refractivity contribution in [2.45, 2.75) is 12.0 Å². The summed E-state index contributed by atoms with van der Waals surface area (Å²) in [5.41, 5.74) is 11.5. The second-order valence-electron chi connectivity index (χ2n) is 12.3. The Kier molecular flexibility index (Phi) is 5.44. The summed E-state index contributed by atoms with van der Waals surface area (Å²) >= 11 is 0. The fraction of sp³-hybridized carbons (Fsp3) is 0.0465. The van der Waals surface area contributed by atoms with Crippen molar-refractivity contribution in [3.05, 3.63) is 157 Å². The molecular weight excluding hydrogens is 576 g/mol. The Morgan fingerprint density at radius 3 is 2.21 bits per heavy atom. The molecule has 2 unspecified atom stereocenters. The van der Waals surface area contributed by atoms with Crippen LogP contribution in [0.3, 0.4) is 0 Å². The van der Waals surface area contributed by atoms with Crippen molar-refractivity contribution < 1.29 is 8.83 Å². The molecule has 0 radical (unpaired) electrons. The molecular formula is C43H26N2O2. The summed E-state index contributed by atoms with van der Waals surface area (Å²) < 4.78 is 13.0. The van der Waals surface area contributed by atoms with Crippen molar-refractivity contribution in [1.82, 2.24) is 0 Å². The fourth-order valence-corrected chi connectivity index (χ4v) is 7.77. The zero-order valence-electron chi connectivity index (χ0n) is 25.2. The van der Waals surface area contributed by atoms with E-state index >= 15 is 0 Å². The van der Waals surface area contributed by atoms with Crippen LogP contribution in [0.4, 0.5) is 11.4 Å². The van der Waals surface area contributed by atoms with E-state index in [1.54, 1.807) is 0 Å². The molecule has 8 aromatic rings. The van der Waals surface area contributed by atoms with Gasteiger partial charge in [0.2, 0.25) is 0 Å². The Labute approximate surface area is 270 Å². The summed E-state index contributed by atoms with van der Waals surface area (Å²) in [5, 5.41) is 14.4. The number of rotatable bonds is 3.